The van der Waals surface area contributed by atoms with Gasteiger partial charge in [0.1, 0.15) is 6.10 Å². The summed E-state index contributed by atoms with van der Waals surface area (Å²) in [6.07, 6.45) is 1.90. The quantitative estimate of drug-likeness (QED) is 0.817. The first-order valence-electron chi connectivity index (χ1n) is 5.21. The molecule has 0 aromatic carbocycles. The number of hydrogen-bond donors (Lipinski definition) is 1. The summed E-state index contributed by atoms with van der Waals surface area (Å²) in [6.45, 7) is 5.50. The van der Waals surface area contributed by atoms with Crippen LogP contribution in [0.1, 0.15) is 13.8 Å². The van der Waals surface area contributed by atoms with Gasteiger partial charge in [-0.05, 0) is 26.0 Å². The summed E-state index contributed by atoms with van der Waals surface area (Å²) in [5.41, 5.74) is 0.944. The van der Waals surface area contributed by atoms with E-state index < -0.39 is 0 Å². The molecule has 2 rings (SSSR count). The number of pyridine rings is 1. The topological polar surface area (TPSA) is 43.4 Å². The van der Waals surface area contributed by atoms with Gasteiger partial charge >= 0.3 is 0 Å². The van der Waals surface area contributed by atoms with Crippen molar-refractivity contribution in [1.29, 1.82) is 0 Å². The molecule has 4 nitrogen and oxygen atoms in total. The standard InChI is InChI=1S/C11H16N2O2/c1-8(2)13-10-4-3-5-12-11(10)15-9-6-14-7-9/h3-5,8-9,13H,6-7H2,1-2H3. The number of anilines is 1. The minimum Gasteiger partial charge on any atom is -0.468 e. The monoisotopic (exact) mass is 208 g/mol. The van der Waals surface area contributed by atoms with Crippen molar-refractivity contribution in [3.05, 3.63) is 18.3 Å². The van der Waals surface area contributed by atoms with Crippen molar-refractivity contribution in [2.24, 2.45) is 0 Å². The van der Waals surface area contributed by atoms with Gasteiger partial charge < -0.3 is 14.8 Å². The van der Waals surface area contributed by atoms with E-state index in [9.17, 15) is 0 Å². The minimum absolute atomic E-state index is 0.160. The molecule has 0 bridgehead atoms. The van der Waals surface area contributed by atoms with Crippen LogP contribution in [0, 0.1) is 0 Å². The highest BCUT2D eigenvalue weighted by atomic mass is 16.6. The fourth-order valence-electron chi connectivity index (χ4n) is 1.35. The molecule has 1 fully saturated rings. The lowest BCUT2D eigenvalue weighted by Crippen LogP contribution is -2.39. The molecule has 4 heteroatoms. The molecule has 0 amide bonds. The Kier molecular flexibility index (Phi) is 3.06. The van der Waals surface area contributed by atoms with Crippen molar-refractivity contribution < 1.29 is 9.47 Å². The number of aromatic nitrogens is 1. The maximum atomic E-state index is 5.68. The number of hydrogen-bond acceptors (Lipinski definition) is 4. The molecule has 1 aromatic rings. The summed E-state index contributed by atoms with van der Waals surface area (Å²) in [5.74, 6) is 0.666. The van der Waals surface area contributed by atoms with Crippen LogP contribution in [0.15, 0.2) is 18.3 Å². The third kappa shape index (κ3) is 2.59. The van der Waals surface area contributed by atoms with Gasteiger partial charge in [0.25, 0.3) is 0 Å². The number of nitrogens with one attached hydrogen (secondary N) is 1. The van der Waals surface area contributed by atoms with Crippen molar-refractivity contribution >= 4 is 5.69 Å². The van der Waals surface area contributed by atoms with Crippen LogP contribution in [0.5, 0.6) is 5.88 Å². The molecule has 0 saturated carbocycles. The SMILES string of the molecule is CC(C)Nc1cccnc1OC1COC1. The van der Waals surface area contributed by atoms with E-state index >= 15 is 0 Å². The van der Waals surface area contributed by atoms with Gasteiger partial charge in [-0.3, -0.25) is 0 Å². The Hall–Kier alpha value is -1.29. The van der Waals surface area contributed by atoms with Crippen molar-refractivity contribution in [3.63, 3.8) is 0 Å². The van der Waals surface area contributed by atoms with Gasteiger partial charge in [-0.15, -0.1) is 0 Å². The molecule has 15 heavy (non-hydrogen) atoms. The molecular formula is C11H16N2O2. The highest BCUT2D eigenvalue weighted by Crippen LogP contribution is 2.23. The van der Waals surface area contributed by atoms with E-state index in [0.29, 0.717) is 25.1 Å². The number of nitrogens with zero attached hydrogens (tertiary/aromatic N) is 1. The first kappa shape index (κ1) is 10.2. The van der Waals surface area contributed by atoms with Crippen LogP contribution in [0.25, 0.3) is 0 Å². The Morgan fingerprint density at radius 1 is 1.53 bits per heavy atom. The van der Waals surface area contributed by atoms with Crippen molar-refractivity contribution in [1.82, 2.24) is 4.98 Å². The van der Waals surface area contributed by atoms with Crippen LogP contribution >= 0.6 is 0 Å². The van der Waals surface area contributed by atoms with E-state index in [1.807, 2.05) is 12.1 Å². The number of rotatable bonds is 4. The molecule has 1 saturated heterocycles. The average molecular weight is 208 g/mol. The second-order valence-electron chi connectivity index (χ2n) is 3.93. The first-order chi connectivity index (χ1) is 7.25. The Balaban J connectivity index is 2.06. The largest absolute Gasteiger partial charge is 0.468 e. The van der Waals surface area contributed by atoms with Gasteiger partial charge in [0.15, 0.2) is 0 Å². The van der Waals surface area contributed by atoms with Crippen molar-refractivity contribution in [2.45, 2.75) is 26.0 Å². The molecule has 0 radical (unpaired) electrons. The fourth-order valence-corrected chi connectivity index (χ4v) is 1.35. The molecule has 0 spiro atoms. The maximum Gasteiger partial charge on any atom is 0.237 e. The van der Waals surface area contributed by atoms with E-state index in [1.165, 1.54) is 0 Å². The van der Waals surface area contributed by atoms with Gasteiger partial charge in [0.05, 0.1) is 18.9 Å². The van der Waals surface area contributed by atoms with E-state index in [-0.39, 0.29) is 6.10 Å². The van der Waals surface area contributed by atoms with Crippen LogP contribution in [-0.2, 0) is 4.74 Å². The van der Waals surface area contributed by atoms with Crippen LogP contribution in [0.3, 0.4) is 0 Å². The second-order valence-corrected chi connectivity index (χ2v) is 3.93. The Bertz CT molecular complexity index is 324. The molecule has 0 unspecified atom stereocenters. The molecule has 0 atom stereocenters. The Labute approximate surface area is 89.6 Å². The second kappa shape index (κ2) is 4.49. The van der Waals surface area contributed by atoms with Crippen molar-refractivity contribution in [2.75, 3.05) is 18.5 Å². The molecule has 1 aromatic heterocycles. The van der Waals surface area contributed by atoms with Gasteiger partial charge in [-0.25, -0.2) is 4.98 Å². The predicted molar refractivity (Wildman–Crippen MR) is 58.2 cm³/mol. The highest BCUT2D eigenvalue weighted by molar-refractivity contribution is 5.52. The van der Waals surface area contributed by atoms with Gasteiger partial charge in [0, 0.05) is 12.2 Å². The smallest absolute Gasteiger partial charge is 0.237 e. The zero-order valence-corrected chi connectivity index (χ0v) is 9.06. The van der Waals surface area contributed by atoms with Crippen molar-refractivity contribution in [3.8, 4) is 5.88 Å². The predicted octanol–water partition coefficient (Wildman–Crippen LogP) is 1.68. The lowest BCUT2D eigenvalue weighted by Gasteiger charge is -2.27. The normalized spacial score (nSPS) is 16.2. The summed E-state index contributed by atoms with van der Waals surface area (Å²) >= 11 is 0. The number of ether oxygens (including phenoxy) is 2. The van der Waals surface area contributed by atoms with Crippen LogP contribution in [-0.4, -0.2) is 30.3 Å². The molecule has 1 aliphatic heterocycles. The first-order valence-corrected chi connectivity index (χ1v) is 5.21. The maximum absolute atomic E-state index is 5.68. The molecule has 2 heterocycles. The molecule has 1 aliphatic rings. The fraction of sp³-hybridized carbons (Fsp3) is 0.545. The third-order valence-corrected chi connectivity index (χ3v) is 2.10. The molecule has 82 valence electrons. The zero-order valence-electron chi connectivity index (χ0n) is 9.06. The summed E-state index contributed by atoms with van der Waals surface area (Å²) in [7, 11) is 0. The molecular weight excluding hydrogens is 192 g/mol. The lowest BCUT2D eigenvalue weighted by molar-refractivity contribution is -0.0810. The third-order valence-electron chi connectivity index (χ3n) is 2.10. The zero-order chi connectivity index (χ0) is 10.7. The summed E-state index contributed by atoms with van der Waals surface area (Å²) < 4.78 is 10.7. The van der Waals surface area contributed by atoms with Crippen LogP contribution < -0.4 is 10.1 Å². The molecule has 0 aliphatic carbocycles. The summed E-state index contributed by atoms with van der Waals surface area (Å²) in [5, 5.41) is 3.30. The van der Waals surface area contributed by atoms with Gasteiger partial charge in [-0.2, -0.15) is 0 Å². The van der Waals surface area contributed by atoms with E-state index in [1.54, 1.807) is 6.20 Å². The van der Waals surface area contributed by atoms with Gasteiger partial charge in [-0.1, -0.05) is 0 Å². The van der Waals surface area contributed by atoms with Crippen LogP contribution in [0.4, 0.5) is 5.69 Å². The molecule has 1 N–H and O–H groups in total. The Morgan fingerprint density at radius 3 is 2.93 bits per heavy atom. The minimum atomic E-state index is 0.160. The average Bonchev–Trinajstić information content (AvgIpc) is 2.13. The summed E-state index contributed by atoms with van der Waals surface area (Å²) in [6, 6.07) is 4.24. The van der Waals surface area contributed by atoms with E-state index in [0.717, 1.165) is 5.69 Å². The van der Waals surface area contributed by atoms with Crippen LogP contribution in [0.2, 0.25) is 0 Å². The van der Waals surface area contributed by atoms with E-state index in [4.69, 9.17) is 9.47 Å². The van der Waals surface area contributed by atoms with E-state index in [2.05, 4.69) is 24.1 Å². The highest BCUT2D eigenvalue weighted by Gasteiger charge is 2.21. The van der Waals surface area contributed by atoms with Gasteiger partial charge in [0.2, 0.25) is 5.88 Å². The Morgan fingerprint density at radius 2 is 2.33 bits per heavy atom. The lowest BCUT2D eigenvalue weighted by atomic mass is 10.3. The summed E-state index contributed by atoms with van der Waals surface area (Å²) in [4.78, 5) is 4.21.